The van der Waals surface area contributed by atoms with E-state index in [4.69, 9.17) is 37.0 Å². The number of unbranched alkanes of at least 4 members (excludes halogenated alkanes) is 55. The van der Waals surface area contributed by atoms with Gasteiger partial charge >= 0.3 is 39.5 Å². The molecule has 0 fully saturated rings. The van der Waals surface area contributed by atoms with Crippen molar-refractivity contribution in [1.82, 2.24) is 0 Å². The van der Waals surface area contributed by atoms with Gasteiger partial charge in [-0.25, -0.2) is 9.13 Å². The second-order valence-electron chi connectivity index (χ2n) is 33.5. The van der Waals surface area contributed by atoms with Crippen molar-refractivity contribution in [3.05, 3.63) is 0 Å². The fourth-order valence-electron chi connectivity index (χ4n) is 14.0. The van der Waals surface area contributed by atoms with Gasteiger partial charge in [-0.1, -0.05) is 427 Å². The van der Waals surface area contributed by atoms with Crippen LogP contribution in [0.4, 0.5) is 0 Å². The number of aliphatic hydroxyl groups excluding tert-OH is 1. The molecule has 0 aliphatic carbocycles. The van der Waals surface area contributed by atoms with E-state index in [2.05, 4.69) is 48.5 Å². The number of hydrogen-bond donors (Lipinski definition) is 3. The number of carbonyl (C=O) groups excluding carboxylic acids is 4. The third-order valence-electron chi connectivity index (χ3n) is 21.5. The Morgan fingerprint density at radius 2 is 0.468 bits per heavy atom. The topological polar surface area (TPSA) is 237 Å². The highest BCUT2D eigenvalue weighted by molar-refractivity contribution is 7.47. The Hall–Kier alpha value is -1.94. The van der Waals surface area contributed by atoms with Crippen molar-refractivity contribution in [3.8, 4) is 0 Å². The van der Waals surface area contributed by atoms with E-state index in [0.29, 0.717) is 25.7 Å². The van der Waals surface area contributed by atoms with Crippen LogP contribution in [0.5, 0.6) is 0 Å². The molecule has 0 aliphatic heterocycles. The molecule has 0 rings (SSSR count). The Kier molecular flexibility index (Phi) is 78.5. The van der Waals surface area contributed by atoms with Gasteiger partial charge in [0.25, 0.3) is 0 Å². The molecule has 0 aromatic rings. The van der Waals surface area contributed by atoms with E-state index in [9.17, 15) is 43.2 Å². The highest BCUT2D eigenvalue weighted by Crippen LogP contribution is 2.45. The van der Waals surface area contributed by atoms with Crippen LogP contribution in [-0.2, 0) is 65.4 Å². The van der Waals surface area contributed by atoms with Crippen molar-refractivity contribution in [3.63, 3.8) is 0 Å². The lowest BCUT2D eigenvalue weighted by atomic mass is 9.99. The van der Waals surface area contributed by atoms with Gasteiger partial charge in [0.15, 0.2) is 12.2 Å². The molecule has 648 valence electrons. The number of rotatable bonds is 88. The first-order chi connectivity index (χ1) is 52.8. The first kappa shape index (κ1) is 107. The number of aliphatic hydroxyl groups is 1. The second-order valence-corrected chi connectivity index (χ2v) is 36.4. The Morgan fingerprint density at radius 1 is 0.266 bits per heavy atom. The summed E-state index contributed by atoms with van der Waals surface area (Å²) >= 11 is 0. The molecule has 17 nitrogen and oxygen atoms in total. The molecule has 109 heavy (non-hydrogen) atoms. The fourth-order valence-corrected chi connectivity index (χ4v) is 15.6. The molecule has 0 saturated heterocycles. The van der Waals surface area contributed by atoms with Crippen LogP contribution in [0.25, 0.3) is 0 Å². The zero-order valence-electron chi connectivity index (χ0n) is 72.0. The van der Waals surface area contributed by atoms with Crippen molar-refractivity contribution in [2.45, 2.75) is 497 Å². The summed E-state index contributed by atoms with van der Waals surface area (Å²) in [5.41, 5.74) is 0. The lowest BCUT2D eigenvalue weighted by Gasteiger charge is -2.21. The summed E-state index contributed by atoms with van der Waals surface area (Å²) in [7, 11) is -9.94. The molecule has 0 heterocycles. The van der Waals surface area contributed by atoms with E-state index in [1.54, 1.807) is 0 Å². The van der Waals surface area contributed by atoms with Crippen LogP contribution in [0.1, 0.15) is 479 Å². The molecule has 0 amide bonds. The minimum Gasteiger partial charge on any atom is -0.462 e. The Balaban J connectivity index is 5.26. The van der Waals surface area contributed by atoms with Crippen molar-refractivity contribution in [2.75, 3.05) is 39.6 Å². The molecule has 3 N–H and O–H groups in total. The number of phosphoric acid groups is 2. The summed E-state index contributed by atoms with van der Waals surface area (Å²) in [6.45, 7) is 12.1. The van der Waals surface area contributed by atoms with E-state index in [1.165, 1.54) is 289 Å². The second kappa shape index (κ2) is 79.9. The maximum Gasteiger partial charge on any atom is 0.472 e. The number of phosphoric ester groups is 2. The minimum absolute atomic E-state index is 0.107. The quantitative estimate of drug-likeness (QED) is 0.0222. The van der Waals surface area contributed by atoms with Gasteiger partial charge in [0.05, 0.1) is 26.4 Å². The average Bonchev–Trinajstić information content (AvgIpc) is 0.899. The Labute approximate surface area is 670 Å². The largest absolute Gasteiger partial charge is 0.472 e. The van der Waals surface area contributed by atoms with E-state index in [1.807, 2.05) is 0 Å². The lowest BCUT2D eigenvalue weighted by molar-refractivity contribution is -0.161. The van der Waals surface area contributed by atoms with Gasteiger partial charge in [0, 0.05) is 25.7 Å². The van der Waals surface area contributed by atoms with E-state index in [-0.39, 0.29) is 25.7 Å². The summed E-state index contributed by atoms with van der Waals surface area (Å²) < 4.78 is 69.1. The highest BCUT2D eigenvalue weighted by Gasteiger charge is 2.31. The summed E-state index contributed by atoms with van der Waals surface area (Å²) in [6, 6.07) is 0. The van der Waals surface area contributed by atoms with Gasteiger partial charge in [0.2, 0.25) is 0 Å². The number of ether oxygens (including phenoxy) is 4. The van der Waals surface area contributed by atoms with Crippen molar-refractivity contribution in [1.29, 1.82) is 0 Å². The van der Waals surface area contributed by atoms with E-state index in [0.717, 1.165) is 108 Å². The predicted molar refractivity (Wildman–Crippen MR) is 451 cm³/mol. The molecule has 0 spiro atoms. The van der Waals surface area contributed by atoms with Crippen molar-refractivity contribution >= 4 is 39.5 Å². The molecular weight excluding hydrogens is 1410 g/mol. The molecule has 19 heteroatoms. The van der Waals surface area contributed by atoms with Crippen molar-refractivity contribution in [2.24, 2.45) is 17.8 Å². The van der Waals surface area contributed by atoms with Crippen molar-refractivity contribution < 1.29 is 80.2 Å². The molecule has 0 aliphatic rings. The third kappa shape index (κ3) is 82.4. The number of hydrogen-bond acceptors (Lipinski definition) is 15. The highest BCUT2D eigenvalue weighted by atomic mass is 31.2. The maximum absolute atomic E-state index is 13.2. The van der Waals surface area contributed by atoms with Crippen LogP contribution in [0.2, 0.25) is 0 Å². The van der Waals surface area contributed by atoms with Crippen LogP contribution in [-0.4, -0.2) is 96.7 Å². The first-order valence-electron chi connectivity index (χ1n) is 46.4. The van der Waals surface area contributed by atoms with Gasteiger partial charge in [-0.3, -0.25) is 37.3 Å². The minimum atomic E-state index is -4.97. The smallest absolute Gasteiger partial charge is 0.462 e. The molecule has 6 atom stereocenters. The van der Waals surface area contributed by atoms with Crippen LogP contribution < -0.4 is 0 Å². The standard InChI is InChI=1S/C90H176O17P2/c1-8-10-11-12-13-14-15-16-17-18-19-20-21-22-27-33-38-43-52-59-66-73-89(94)106-85(77-100-87(92)71-64-57-50-42-37-32-26-24-23-25-30-35-40-47-54-61-68-81(3)4)79-104-108(96,97)102-75-84(91)76-103-109(98,99)105-80-86(78-101-88(93)72-65-58-51-46-45-49-56-63-70-83(7)9-2)107-90(95)74-67-60-53-44-39-34-29-28-31-36-41-48-55-62-69-82(5)6/h81-86,91H,8-80H2,1-7H3,(H,96,97)(H,98,99)/t83?,84-,85-,86-/m1/s1. The SMILES string of the molecule is CCCCCCCCCCCCCCCCCCCCCCCC(=O)O[C@H](COC(=O)CCCCCCCCCCCCCCCCCCC(C)C)COP(=O)(O)OC[C@@H](O)COP(=O)(O)OC[C@@H](COC(=O)CCCCCCCCCCC(C)CC)OC(=O)CCCCCCCCCCCCCCCCC(C)C. The van der Waals surface area contributed by atoms with Gasteiger partial charge < -0.3 is 33.8 Å². The Bertz CT molecular complexity index is 2100. The Morgan fingerprint density at radius 3 is 0.697 bits per heavy atom. The molecule has 3 unspecified atom stereocenters. The van der Waals surface area contributed by atoms with Gasteiger partial charge in [0.1, 0.15) is 19.3 Å². The van der Waals surface area contributed by atoms with Gasteiger partial charge in [-0.05, 0) is 43.4 Å². The third-order valence-corrected chi connectivity index (χ3v) is 23.4. The van der Waals surface area contributed by atoms with E-state index < -0.39 is 97.5 Å². The zero-order chi connectivity index (χ0) is 80.0. The fraction of sp³-hybridized carbons (Fsp3) is 0.956. The zero-order valence-corrected chi connectivity index (χ0v) is 73.8. The number of carbonyl (C=O) groups is 4. The monoisotopic (exact) mass is 1590 g/mol. The van der Waals surface area contributed by atoms with Gasteiger partial charge in [-0.2, -0.15) is 0 Å². The average molecular weight is 1590 g/mol. The molecular formula is C90H176O17P2. The van der Waals surface area contributed by atoms with Crippen LogP contribution in [0.3, 0.4) is 0 Å². The number of esters is 4. The molecule has 0 aromatic carbocycles. The lowest BCUT2D eigenvalue weighted by Crippen LogP contribution is -2.30. The molecule has 0 aromatic heterocycles. The summed E-state index contributed by atoms with van der Waals surface area (Å²) in [5, 5.41) is 10.7. The van der Waals surface area contributed by atoms with Crippen LogP contribution in [0.15, 0.2) is 0 Å². The van der Waals surface area contributed by atoms with E-state index >= 15 is 0 Å². The van der Waals surface area contributed by atoms with Crippen LogP contribution in [0, 0.1) is 17.8 Å². The molecule has 0 bridgehead atoms. The summed E-state index contributed by atoms with van der Waals surface area (Å²) in [4.78, 5) is 73.4. The normalized spacial score (nSPS) is 14.1. The first-order valence-corrected chi connectivity index (χ1v) is 49.4. The van der Waals surface area contributed by atoms with Crippen LogP contribution >= 0.6 is 15.6 Å². The molecule has 0 radical (unpaired) electrons. The maximum atomic E-state index is 13.2. The molecule has 0 saturated carbocycles. The predicted octanol–water partition coefficient (Wildman–Crippen LogP) is 27.6. The summed E-state index contributed by atoms with van der Waals surface area (Å²) in [5.74, 6) is 0.285. The van der Waals surface area contributed by atoms with Gasteiger partial charge in [-0.15, -0.1) is 0 Å². The summed E-state index contributed by atoms with van der Waals surface area (Å²) in [6.07, 6.45) is 72.2.